The second-order valence-electron chi connectivity index (χ2n) is 36.5. The van der Waals surface area contributed by atoms with E-state index in [4.69, 9.17) is 13.9 Å². The van der Waals surface area contributed by atoms with Crippen LogP contribution in [-0.4, -0.2) is 261 Å². The van der Waals surface area contributed by atoms with Crippen molar-refractivity contribution in [3.05, 3.63) is 295 Å². The van der Waals surface area contributed by atoms with Gasteiger partial charge in [0.05, 0.1) is 59.5 Å². The minimum Gasteiger partial charge on any atom is -0.421 e. The molecule has 0 aliphatic carbocycles. The average molecular weight is 1980 g/mol. The van der Waals surface area contributed by atoms with Crippen molar-refractivity contribution < 1.29 is 64.6 Å². The number of aromatic nitrogens is 11. The van der Waals surface area contributed by atoms with Crippen molar-refractivity contribution in [3.8, 4) is 68.0 Å². The van der Waals surface area contributed by atoms with E-state index < -0.39 is 15.9 Å². The Balaban J connectivity index is 0.000000137. The summed E-state index contributed by atoms with van der Waals surface area (Å²) in [6.45, 7) is 8.78. The second-order valence-corrected chi connectivity index (χ2v) is 37.7. The standard InChI is InChI=1S/C37H37F2N7O4.C36H33F2N7O3.C36H34FN7O2S/c1-3-40-32-20-41-35(50-32)25-6-10-28(30(39)18-25)23-12-15-46(16-13-23)33(47)21-45-17-14-37(22-45,49-2)36(48)42-27-9-11-31-29(19-27)34(44-43-31)24-4-7-26(38)8-5-24;1-48-36(35(47)41-27-8-10-31-29(20-27)33(43-42-31)24-3-6-26(37)7-4-24)13-18-44(22-36)21-32(46)45-16-11-23(12-17-45)28-9-5-25(19-30(28)38)34-39-14-2-15-40-34;1-47-36(35(46)40-29-11-12-31-30(21-29)33(42-41-31)26-7-9-28(37)10-8-26)15-20-43(23-36)22-32(45)44-18-13-25(14-19-44)24-3-5-27(6-4-24)34-38-16-2-17-39-34/h4-12,18-20,40H,3,13-17,21-22H2,1-2H3,(H,42,48)(H,43,44);2-11,14-15,19-20H,12-13,16-18,21-22H2,1H3,(H,41,47)(H,42,43);2-13,16-17,21H,14-15,18-20,22-23H2,1H3,(H,40,46)(H,41,42)/t37-;2*36-/m000/s1. The van der Waals surface area contributed by atoms with Crippen LogP contribution in [0, 0.1) is 29.1 Å². The summed E-state index contributed by atoms with van der Waals surface area (Å²) in [7, 11) is 3.01. The molecule has 6 amide bonds. The number of halogens is 5. The third kappa shape index (κ3) is 21.9. The summed E-state index contributed by atoms with van der Waals surface area (Å²) in [6.07, 6.45) is 19.5. The Hall–Kier alpha value is -15.6. The molecular weight excluding hydrogens is 1870 g/mol. The molecule has 3 saturated heterocycles. The summed E-state index contributed by atoms with van der Waals surface area (Å²) in [4.78, 5) is 113. The number of hydrogen-bond acceptors (Lipinski definition) is 22. The van der Waals surface area contributed by atoms with Crippen LogP contribution in [0.15, 0.2) is 254 Å². The second kappa shape index (κ2) is 43.3. The van der Waals surface area contributed by atoms with Gasteiger partial charge in [0.15, 0.2) is 22.9 Å². The SMILES string of the molecule is CCNc1cnc(-c2ccc(C3=CCN(C(=O)CN4CC[C@@](OC)(C(=O)Nc5ccc6[nH]nc(-c7ccc(F)cc7)c6c5)C4)CC3)c(F)c2)o1.CO[C@@]1(C(=O)Nc2ccc3[nH]nc(-c4ccc(F)cc4)c3c2)CCN(CC(=O)N2CC=C(c3ccc(-c4ncccn4)cc3F)CC2)C1.CS[C@@]1(C(=O)Nc2ccc3[nH]nc(-c4ccc(F)cc4)c3c2)CCN(CC(=O)N2CC=C(c3ccc(-c4ncccn4)cc3)CC2)C1. The molecule has 3 fully saturated rings. The van der Waals surface area contributed by atoms with Crippen LogP contribution >= 0.6 is 11.8 Å². The van der Waals surface area contributed by atoms with Crippen molar-refractivity contribution in [2.24, 2.45) is 0 Å². The highest BCUT2D eigenvalue weighted by atomic mass is 32.2. The molecule has 9 aromatic carbocycles. The van der Waals surface area contributed by atoms with E-state index in [1.165, 1.54) is 80.1 Å². The Bertz CT molecular complexity index is 7420. The van der Waals surface area contributed by atoms with Gasteiger partial charge in [-0.05, 0) is 232 Å². The van der Waals surface area contributed by atoms with E-state index in [0.717, 1.165) is 78.1 Å². The molecule has 0 radical (unpaired) electrons. The number of hydrogen-bond donors (Lipinski definition) is 7. The van der Waals surface area contributed by atoms with E-state index in [2.05, 4.69) is 99.9 Å². The molecule has 7 N–H and O–H groups in total. The molecule has 6 aliphatic heterocycles. The van der Waals surface area contributed by atoms with Crippen molar-refractivity contribution in [3.63, 3.8) is 0 Å². The number of aromatic amines is 3. The highest BCUT2D eigenvalue weighted by Gasteiger charge is 2.49. The van der Waals surface area contributed by atoms with Gasteiger partial charge in [-0.25, -0.2) is 46.9 Å². The molecule has 3 atom stereocenters. The number of ether oxygens (including phenoxy) is 2. The summed E-state index contributed by atoms with van der Waals surface area (Å²) in [6, 6.07) is 56.5. The van der Waals surface area contributed by atoms with E-state index in [1.807, 2.05) is 94.6 Å². The predicted molar refractivity (Wildman–Crippen MR) is 548 cm³/mol. The summed E-state index contributed by atoms with van der Waals surface area (Å²) < 4.78 is 87.3. The number of carbonyl (C=O) groups is 6. The van der Waals surface area contributed by atoms with E-state index >= 15 is 8.78 Å². The Morgan fingerprint density at radius 1 is 0.414 bits per heavy atom. The van der Waals surface area contributed by atoms with Crippen LogP contribution in [0.1, 0.15) is 62.1 Å². The van der Waals surface area contributed by atoms with Gasteiger partial charge >= 0.3 is 0 Å². The van der Waals surface area contributed by atoms with Gasteiger partial charge in [-0.15, -0.1) is 11.8 Å². The maximum Gasteiger partial charge on any atom is 0.258 e. The van der Waals surface area contributed by atoms with Crippen molar-refractivity contribution in [2.45, 2.75) is 61.4 Å². The average Bonchev–Trinajstić information content (AvgIpc) is 1.63. The number of amides is 6. The fourth-order valence-corrected chi connectivity index (χ4v) is 20.2. The predicted octanol–water partition coefficient (Wildman–Crippen LogP) is 17.1. The van der Waals surface area contributed by atoms with Gasteiger partial charge in [-0.2, -0.15) is 15.3 Å². The molecule has 6 aromatic heterocycles. The van der Waals surface area contributed by atoms with Gasteiger partial charge < -0.3 is 49.9 Å². The van der Waals surface area contributed by atoms with Crippen molar-refractivity contribution in [2.75, 3.05) is 146 Å². The van der Waals surface area contributed by atoms with Crippen molar-refractivity contribution >= 4 is 120 Å². The topological polar surface area (TPSA) is 352 Å². The van der Waals surface area contributed by atoms with E-state index in [1.54, 1.807) is 126 Å². The number of carbonyl (C=O) groups excluding carboxylic acids is 6. The highest BCUT2D eigenvalue weighted by molar-refractivity contribution is 8.00. The van der Waals surface area contributed by atoms with Crippen LogP contribution in [0.25, 0.3) is 117 Å². The van der Waals surface area contributed by atoms with Crippen molar-refractivity contribution in [1.82, 2.24) is 84.9 Å². The lowest BCUT2D eigenvalue weighted by molar-refractivity contribution is -0.138. The van der Waals surface area contributed by atoms with E-state index in [-0.39, 0.29) is 97.3 Å². The maximum atomic E-state index is 15.2. The smallest absolute Gasteiger partial charge is 0.258 e. The summed E-state index contributed by atoms with van der Waals surface area (Å²) >= 11 is 1.53. The molecule has 0 bridgehead atoms. The van der Waals surface area contributed by atoms with Crippen LogP contribution in [0.2, 0.25) is 0 Å². The number of nitrogens with zero attached hydrogens (tertiary/aromatic N) is 14. The number of rotatable bonds is 26. The summed E-state index contributed by atoms with van der Waals surface area (Å²) in [5.41, 5.74) is 13.4. The zero-order valence-corrected chi connectivity index (χ0v) is 80.8. The van der Waals surface area contributed by atoms with Gasteiger partial charge in [0.25, 0.3) is 11.8 Å². The Labute approximate surface area is 835 Å². The number of fused-ring (bicyclic) bond motifs is 3. The molecule has 0 unspecified atom stereocenters. The lowest BCUT2D eigenvalue weighted by atomic mass is 9.97. The first-order valence-electron chi connectivity index (χ1n) is 47.8. The third-order valence-corrected chi connectivity index (χ3v) is 28.9. The zero-order valence-electron chi connectivity index (χ0n) is 80.0. The van der Waals surface area contributed by atoms with E-state index in [0.29, 0.717) is 184 Å². The van der Waals surface area contributed by atoms with Crippen molar-refractivity contribution in [1.29, 1.82) is 0 Å². The number of likely N-dealkylation sites (tertiary alicyclic amines) is 3. The zero-order chi connectivity index (χ0) is 100. The molecule has 15 aromatic rings. The molecule has 6 aliphatic rings. The number of nitrogens with one attached hydrogen (secondary N) is 7. The molecule has 740 valence electrons. The fraction of sp³-hybridized carbons (Fsp3) is 0.266. The molecule has 0 saturated carbocycles. The lowest BCUT2D eigenvalue weighted by Crippen LogP contribution is -2.48. The number of H-pyrrole nitrogens is 3. The Morgan fingerprint density at radius 2 is 0.786 bits per heavy atom. The van der Waals surface area contributed by atoms with Crippen LogP contribution in [0.4, 0.5) is 44.9 Å². The number of oxazole rings is 1. The van der Waals surface area contributed by atoms with Gasteiger partial charge in [-0.1, -0.05) is 60.7 Å². The van der Waals surface area contributed by atoms with Crippen LogP contribution in [-0.2, 0) is 38.2 Å². The molecule has 0 spiro atoms. The van der Waals surface area contributed by atoms with Gasteiger partial charge in [0, 0.05) is 202 Å². The molecular formula is C109H104F5N21O9S. The van der Waals surface area contributed by atoms with Gasteiger partial charge in [0.2, 0.25) is 35.4 Å². The molecule has 30 nitrogen and oxygen atoms in total. The van der Waals surface area contributed by atoms with Crippen LogP contribution in [0.3, 0.4) is 0 Å². The first-order valence-corrected chi connectivity index (χ1v) is 49.0. The maximum absolute atomic E-state index is 15.2. The number of methoxy groups -OCH3 is 2. The Kier molecular flexibility index (Phi) is 29.3. The van der Waals surface area contributed by atoms with E-state index in [9.17, 15) is 41.9 Å². The minimum atomic E-state index is -1.14. The minimum absolute atomic E-state index is 0.0617. The first kappa shape index (κ1) is 98.2. The van der Waals surface area contributed by atoms with Gasteiger partial charge in [-0.3, -0.25) is 58.8 Å². The van der Waals surface area contributed by atoms with Crippen LogP contribution in [0.5, 0.6) is 0 Å². The number of benzene rings is 9. The number of thioether (sulfide) groups is 1. The molecule has 145 heavy (non-hydrogen) atoms. The molecule has 36 heteroatoms. The first-order chi connectivity index (χ1) is 70.5. The monoisotopic (exact) mass is 1980 g/mol. The largest absolute Gasteiger partial charge is 0.421 e. The summed E-state index contributed by atoms with van der Waals surface area (Å²) in [5.74, 6) is -0.418. The number of anilines is 4. The van der Waals surface area contributed by atoms with Gasteiger partial charge in [0.1, 0.15) is 33.8 Å². The molecule has 21 rings (SSSR count). The quantitative estimate of drug-likeness (QED) is 0.0248. The van der Waals surface area contributed by atoms with Crippen LogP contribution < -0.4 is 21.3 Å². The normalized spacial score (nSPS) is 18.2. The third-order valence-electron chi connectivity index (χ3n) is 27.6. The summed E-state index contributed by atoms with van der Waals surface area (Å²) in [5, 5.41) is 36.7. The fourth-order valence-electron chi connectivity index (χ4n) is 19.3. The lowest BCUT2D eigenvalue weighted by Gasteiger charge is -2.30. The molecule has 12 heterocycles. The Morgan fingerprint density at radius 3 is 1.19 bits per heavy atom. The highest BCUT2D eigenvalue weighted by Crippen LogP contribution is 2.41.